The zero-order valence-electron chi connectivity index (χ0n) is 13.6. The lowest BCUT2D eigenvalue weighted by molar-refractivity contribution is -0.138. The Morgan fingerprint density at radius 3 is 2.50 bits per heavy atom. The van der Waals surface area contributed by atoms with Crippen molar-refractivity contribution >= 4 is 11.9 Å². The summed E-state index contributed by atoms with van der Waals surface area (Å²) in [4.78, 5) is 25.8. The van der Waals surface area contributed by atoms with Crippen LogP contribution in [0, 0.1) is 17.8 Å². The van der Waals surface area contributed by atoms with Crippen molar-refractivity contribution in [2.45, 2.75) is 33.1 Å². The first-order valence-corrected chi connectivity index (χ1v) is 8.44. The van der Waals surface area contributed by atoms with Crippen LogP contribution in [0.1, 0.15) is 33.1 Å². The molecule has 5 nitrogen and oxygen atoms in total. The number of nitrogens with zero attached hydrogens (tertiary/aromatic N) is 4. The van der Waals surface area contributed by atoms with Crippen molar-refractivity contribution in [1.29, 1.82) is 0 Å². The Morgan fingerprint density at radius 1 is 1.14 bits per heavy atom. The summed E-state index contributed by atoms with van der Waals surface area (Å²) in [6.45, 7) is 8.04. The van der Waals surface area contributed by atoms with Crippen LogP contribution in [0.25, 0.3) is 0 Å². The molecular formula is C17H26N4O. The Balaban J connectivity index is 1.65. The van der Waals surface area contributed by atoms with E-state index in [0.29, 0.717) is 17.7 Å². The van der Waals surface area contributed by atoms with E-state index in [0.717, 1.165) is 45.0 Å². The van der Waals surface area contributed by atoms with Crippen LogP contribution in [0.2, 0.25) is 0 Å². The molecule has 1 aromatic rings. The van der Waals surface area contributed by atoms with E-state index in [1.807, 2.05) is 6.07 Å². The highest BCUT2D eigenvalue weighted by atomic mass is 16.2. The van der Waals surface area contributed by atoms with E-state index in [1.54, 1.807) is 12.4 Å². The lowest BCUT2D eigenvalue weighted by Gasteiger charge is -2.39. The van der Waals surface area contributed by atoms with Crippen LogP contribution in [0.3, 0.4) is 0 Å². The topological polar surface area (TPSA) is 49.3 Å². The van der Waals surface area contributed by atoms with Crippen molar-refractivity contribution < 1.29 is 4.79 Å². The van der Waals surface area contributed by atoms with Crippen LogP contribution >= 0.6 is 0 Å². The van der Waals surface area contributed by atoms with Crippen LogP contribution < -0.4 is 4.90 Å². The van der Waals surface area contributed by atoms with Crippen molar-refractivity contribution in [3.05, 3.63) is 18.5 Å². The van der Waals surface area contributed by atoms with Gasteiger partial charge in [-0.2, -0.15) is 0 Å². The molecule has 0 unspecified atom stereocenters. The van der Waals surface area contributed by atoms with Gasteiger partial charge in [-0.15, -0.1) is 0 Å². The number of amides is 1. The average Bonchev–Trinajstić information content (AvgIpc) is 2.54. The smallest absolute Gasteiger partial charge is 0.227 e. The van der Waals surface area contributed by atoms with Crippen LogP contribution in [0.15, 0.2) is 18.5 Å². The van der Waals surface area contributed by atoms with Gasteiger partial charge in [0.05, 0.1) is 5.92 Å². The van der Waals surface area contributed by atoms with Gasteiger partial charge in [0.25, 0.3) is 0 Å². The third-order valence-corrected chi connectivity index (χ3v) is 4.79. The SMILES string of the molecule is C[C@@H]1C[C@H](C)CN(C(=O)[C@H]2CCCN(c3ncccn3)C2)C1. The van der Waals surface area contributed by atoms with Crippen LogP contribution in [0.5, 0.6) is 0 Å². The first-order valence-electron chi connectivity index (χ1n) is 8.44. The molecule has 5 heteroatoms. The van der Waals surface area contributed by atoms with E-state index in [-0.39, 0.29) is 5.92 Å². The largest absolute Gasteiger partial charge is 0.342 e. The molecule has 1 amide bonds. The monoisotopic (exact) mass is 302 g/mol. The molecule has 0 radical (unpaired) electrons. The van der Waals surface area contributed by atoms with Gasteiger partial charge in [-0.3, -0.25) is 4.79 Å². The fourth-order valence-corrected chi connectivity index (χ4v) is 3.92. The summed E-state index contributed by atoms with van der Waals surface area (Å²) in [6.07, 6.45) is 6.79. The molecule has 0 aromatic carbocycles. The molecule has 2 aliphatic heterocycles. The summed E-state index contributed by atoms with van der Waals surface area (Å²) < 4.78 is 0. The van der Waals surface area contributed by atoms with Crippen molar-refractivity contribution in [3.8, 4) is 0 Å². The first kappa shape index (κ1) is 15.3. The number of rotatable bonds is 2. The predicted molar refractivity (Wildman–Crippen MR) is 86.5 cm³/mol. The van der Waals surface area contributed by atoms with Gasteiger partial charge < -0.3 is 9.80 Å². The third kappa shape index (κ3) is 3.39. The summed E-state index contributed by atoms with van der Waals surface area (Å²) in [6, 6.07) is 1.83. The molecule has 22 heavy (non-hydrogen) atoms. The molecule has 3 rings (SSSR count). The molecule has 0 bridgehead atoms. The van der Waals surface area contributed by atoms with Gasteiger partial charge in [0.2, 0.25) is 11.9 Å². The van der Waals surface area contributed by atoms with Gasteiger partial charge in [-0.25, -0.2) is 9.97 Å². The van der Waals surface area contributed by atoms with Gasteiger partial charge >= 0.3 is 0 Å². The third-order valence-electron chi connectivity index (χ3n) is 4.79. The summed E-state index contributed by atoms with van der Waals surface area (Å²) in [5.41, 5.74) is 0. The molecule has 120 valence electrons. The molecule has 2 aliphatic rings. The second kappa shape index (κ2) is 6.63. The zero-order valence-corrected chi connectivity index (χ0v) is 13.6. The molecule has 0 aliphatic carbocycles. The molecular weight excluding hydrogens is 276 g/mol. The minimum atomic E-state index is 0.0926. The lowest BCUT2D eigenvalue weighted by Crippen LogP contribution is -2.49. The van der Waals surface area contributed by atoms with Crippen molar-refractivity contribution in [3.63, 3.8) is 0 Å². The number of hydrogen-bond donors (Lipinski definition) is 0. The lowest BCUT2D eigenvalue weighted by atomic mass is 9.89. The van der Waals surface area contributed by atoms with Crippen LogP contribution in [-0.2, 0) is 4.79 Å². The highest BCUT2D eigenvalue weighted by molar-refractivity contribution is 5.79. The van der Waals surface area contributed by atoms with Gasteiger partial charge in [0.1, 0.15) is 0 Å². The van der Waals surface area contributed by atoms with Gasteiger partial charge in [-0.1, -0.05) is 13.8 Å². The fraction of sp³-hybridized carbons (Fsp3) is 0.706. The van der Waals surface area contributed by atoms with Gasteiger partial charge in [-0.05, 0) is 37.2 Å². The predicted octanol–water partition coefficient (Wildman–Crippen LogP) is 2.20. The summed E-state index contributed by atoms with van der Waals surface area (Å²) in [7, 11) is 0. The number of hydrogen-bond acceptors (Lipinski definition) is 4. The Labute approximate surface area is 132 Å². The molecule has 0 N–H and O–H groups in total. The van der Waals surface area contributed by atoms with E-state index >= 15 is 0 Å². The fourth-order valence-electron chi connectivity index (χ4n) is 3.92. The maximum absolute atomic E-state index is 12.9. The average molecular weight is 302 g/mol. The Bertz CT molecular complexity index is 497. The minimum absolute atomic E-state index is 0.0926. The van der Waals surface area contributed by atoms with Crippen molar-refractivity contribution in [1.82, 2.24) is 14.9 Å². The molecule has 3 heterocycles. The first-order chi connectivity index (χ1) is 10.6. The maximum Gasteiger partial charge on any atom is 0.227 e. The number of anilines is 1. The van der Waals surface area contributed by atoms with Gasteiger partial charge in [0, 0.05) is 38.6 Å². The van der Waals surface area contributed by atoms with Crippen molar-refractivity contribution in [2.75, 3.05) is 31.1 Å². The highest BCUT2D eigenvalue weighted by Crippen LogP contribution is 2.26. The summed E-state index contributed by atoms with van der Waals surface area (Å²) in [5, 5.41) is 0. The summed E-state index contributed by atoms with van der Waals surface area (Å²) >= 11 is 0. The maximum atomic E-state index is 12.9. The molecule has 1 aromatic heterocycles. The molecule has 3 atom stereocenters. The second-order valence-electron chi connectivity index (χ2n) is 7.02. The number of piperidine rings is 2. The number of aromatic nitrogens is 2. The second-order valence-corrected chi connectivity index (χ2v) is 7.02. The molecule has 0 saturated carbocycles. The summed E-state index contributed by atoms with van der Waals surface area (Å²) in [5.74, 6) is 2.41. The van der Waals surface area contributed by atoms with E-state index in [4.69, 9.17) is 0 Å². The normalized spacial score (nSPS) is 29.5. The number of carbonyl (C=O) groups excluding carboxylic acids is 1. The van der Waals surface area contributed by atoms with Gasteiger partial charge in [0.15, 0.2) is 0 Å². The van der Waals surface area contributed by atoms with E-state index in [9.17, 15) is 4.79 Å². The van der Waals surface area contributed by atoms with Crippen LogP contribution in [0.4, 0.5) is 5.95 Å². The highest BCUT2D eigenvalue weighted by Gasteiger charge is 2.33. The Morgan fingerprint density at radius 2 is 1.82 bits per heavy atom. The van der Waals surface area contributed by atoms with E-state index in [2.05, 4.69) is 33.6 Å². The Hall–Kier alpha value is -1.65. The standard InChI is InChI=1S/C17H26N4O/c1-13-9-14(2)11-21(10-13)16(22)15-5-3-8-20(12-15)17-18-6-4-7-19-17/h4,6-7,13-15H,3,5,8-12H2,1-2H3/t13-,14+,15-/m0/s1. The van der Waals surface area contributed by atoms with Crippen molar-refractivity contribution in [2.24, 2.45) is 17.8 Å². The van der Waals surface area contributed by atoms with Crippen LogP contribution in [-0.4, -0.2) is 47.0 Å². The quantitative estimate of drug-likeness (QED) is 0.840. The van der Waals surface area contributed by atoms with E-state index in [1.165, 1.54) is 6.42 Å². The molecule has 2 fully saturated rings. The molecule has 0 spiro atoms. The molecule has 2 saturated heterocycles. The zero-order chi connectivity index (χ0) is 15.5. The van der Waals surface area contributed by atoms with E-state index < -0.39 is 0 Å². The number of carbonyl (C=O) groups is 1. The number of likely N-dealkylation sites (tertiary alicyclic amines) is 1. The Kier molecular flexibility index (Phi) is 4.60. The minimum Gasteiger partial charge on any atom is -0.342 e.